The van der Waals surface area contributed by atoms with Crippen LogP contribution in [0.5, 0.6) is 0 Å². The zero-order chi connectivity index (χ0) is 16.4. The number of nitrogens with zero attached hydrogens (tertiary/aromatic N) is 1. The number of benzene rings is 1. The molecule has 0 saturated heterocycles. The molecule has 3 N–H and O–H groups in total. The van der Waals surface area contributed by atoms with Crippen LogP contribution < -0.4 is 10.5 Å². The zero-order valence-corrected chi connectivity index (χ0v) is 15.7. The summed E-state index contributed by atoms with van der Waals surface area (Å²) in [6.45, 7) is 5.06. The molecule has 0 aliphatic heterocycles. The first kappa shape index (κ1) is 18.7. The van der Waals surface area contributed by atoms with Crippen LogP contribution in [0.25, 0.3) is 0 Å². The van der Waals surface area contributed by atoms with Gasteiger partial charge in [-0.1, -0.05) is 25.4 Å². The van der Waals surface area contributed by atoms with Crippen molar-refractivity contribution < 1.29 is 8.42 Å². The lowest BCUT2D eigenvalue weighted by atomic mass is 9.93. The van der Waals surface area contributed by atoms with Crippen molar-refractivity contribution in [3.63, 3.8) is 0 Å². The number of halogens is 2. The third kappa shape index (κ3) is 5.41. The molecule has 21 heavy (non-hydrogen) atoms. The lowest BCUT2D eigenvalue weighted by Gasteiger charge is -2.28. The van der Waals surface area contributed by atoms with E-state index in [1.165, 1.54) is 12.1 Å². The molecule has 1 aromatic rings. The molecule has 0 spiro atoms. The summed E-state index contributed by atoms with van der Waals surface area (Å²) in [4.78, 5) is 2.06. The van der Waals surface area contributed by atoms with Crippen molar-refractivity contribution >= 4 is 43.2 Å². The maximum atomic E-state index is 12.4. The Labute approximate surface area is 140 Å². The Kier molecular flexibility index (Phi) is 6.08. The summed E-state index contributed by atoms with van der Waals surface area (Å²) in [6.07, 6.45) is 0. The number of hydrogen-bond donors (Lipinski definition) is 2. The molecule has 0 aliphatic carbocycles. The van der Waals surface area contributed by atoms with Crippen LogP contribution >= 0.6 is 27.5 Å². The van der Waals surface area contributed by atoms with E-state index in [0.717, 1.165) is 6.54 Å². The molecule has 5 nitrogen and oxygen atoms in total. The van der Waals surface area contributed by atoms with Crippen molar-refractivity contribution in [2.24, 2.45) is 5.41 Å². The van der Waals surface area contributed by atoms with Gasteiger partial charge in [-0.15, -0.1) is 0 Å². The highest BCUT2D eigenvalue weighted by molar-refractivity contribution is 9.10. The second-order valence-corrected chi connectivity index (χ2v) is 9.00. The van der Waals surface area contributed by atoms with Crippen LogP contribution in [-0.4, -0.2) is 40.5 Å². The third-order valence-corrected chi connectivity index (χ3v) is 5.60. The number of nitrogens with one attached hydrogen (secondary N) is 1. The van der Waals surface area contributed by atoms with Gasteiger partial charge in [-0.3, -0.25) is 0 Å². The molecule has 0 atom stereocenters. The Hall–Kier alpha value is -0.340. The van der Waals surface area contributed by atoms with Gasteiger partial charge in [0.1, 0.15) is 0 Å². The fraction of sp³-hybridized carbons (Fsp3) is 0.538. The van der Waals surface area contributed by atoms with Gasteiger partial charge in [0.05, 0.1) is 9.37 Å². The Balaban J connectivity index is 2.98. The van der Waals surface area contributed by atoms with E-state index in [1.54, 1.807) is 0 Å². The van der Waals surface area contributed by atoms with Crippen molar-refractivity contribution in [3.8, 4) is 0 Å². The van der Waals surface area contributed by atoms with Crippen molar-refractivity contribution in [2.45, 2.75) is 18.7 Å². The van der Waals surface area contributed by atoms with Crippen molar-refractivity contribution in [3.05, 3.63) is 21.6 Å². The highest BCUT2D eigenvalue weighted by atomic mass is 79.9. The normalized spacial score (nSPS) is 12.9. The molecule has 0 bridgehead atoms. The summed E-state index contributed by atoms with van der Waals surface area (Å²) in [5, 5.41) is 0.281. The number of hydrogen-bond acceptors (Lipinski definition) is 4. The minimum Gasteiger partial charge on any atom is -0.398 e. The lowest BCUT2D eigenvalue weighted by molar-refractivity contribution is 0.242. The monoisotopic (exact) mass is 397 g/mol. The predicted octanol–water partition coefficient (Wildman–Crippen LogP) is 2.55. The molecule has 0 unspecified atom stereocenters. The number of anilines is 1. The van der Waals surface area contributed by atoms with Crippen LogP contribution in [0, 0.1) is 5.41 Å². The maximum Gasteiger partial charge on any atom is 0.241 e. The first-order valence-electron chi connectivity index (χ1n) is 6.33. The van der Waals surface area contributed by atoms with Gasteiger partial charge in [-0.05, 0) is 47.6 Å². The van der Waals surface area contributed by atoms with E-state index in [4.69, 9.17) is 17.3 Å². The second-order valence-electron chi connectivity index (χ2n) is 6.03. The Morgan fingerprint density at radius 2 is 1.95 bits per heavy atom. The molecule has 0 saturated carbocycles. The van der Waals surface area contributed by atoms with Gasteiger partial charge < -0.3 is 10.6 Å². The summed E-state index contributed by atoms with van der Waals surface area (Å²) < 4.78 is 27.8. The van der Waals surface area contributed by atoms with E-state index >= 15 is 0 Å². The van der Waals surface area contributed by atoms with Crippen LogP contribution in [0.3, 0.4) is 0 Å². The molecular weight excluding hydrogens is 378 g/mol. The second kappa shape index (κ2) is 6.83. The summed E-state index contributed by atoms with van der Waals surface area (Å²) in [6, 6.07) is 2.88. The first-order chi connectivity index (χ1) is 9.44. The fourth-order valence-electron chi connectivity index (χ4n) is 2.06. The Morgan fingerprint density at radius 3 is 2.48 bits per heavy atom. The van der Waals surface area contributed by atoms with Crippen LogP contribution in [0.1, 0.15) is 13.8 Å². The van der Waals surface area contributed by atoms with Gasteiger partial charge in [0.25, 0.3) is 0 Å². The summed E-state index contributed by atoms with van der Waals surface area (Å²) in [5.74, 6) is 0. The number of nitrogens with two attached hydrogens (primary N) is 1. The standard InChI is InChI=1S/C13H21BrClN3O2S/c1-13(2,8-18(3)4)7-17-21(19,20)11-6-9(15)5-10(16)12(11)14/h5-6,17H,7-8,16H2,1-4H3. The van der Waals surface area contributed by atoms with E-state index in [2.05, 4.69) is 20.7 Å². The quantitative estimate of drug-likeness (QED) is 0.722. The van der Waals surface area contributed by atoms with Gasteiger partial charge in [-0.2, -0.15) is 0 Å². The van der Waals surface area contributed by atoms with Crippen LogP contribution in [0.15, 0.2) is 21.5 Å². The molecule has 0 amide bonds. The van der Waals surface area contributed by atoms with E-state index in [1.807, 2.05) is 32.8 Å². The predicted molar refractivity (Wildman–Crippen MR) is 91.1 cm³/mol. The summed E-state index contributed by atoms with van der Waals surface area (Å²) >= 11 is 9.09. The average molecular weight is 399 g/mol. The molecule has 8 heteroatoms. The summed E-state index contributed by atoms with van der Waals surface area (Å²) in [5.41, 5.74) is 5.82. The van der Waals surface area contributed by atoms with E-state index < -0.39 is 10.0 Å². The molecule has 0 radical (unpaired) electrons. The minimum absolute atomic E-state index is 0.0492. The highest BCUT2D eigenvalue weighted by Gasteiger charge is 2.25. The van der Waals surface area contributed by atoms with Crippen molar-refractivity contribution in [1.29, 1.82) is 0 Å². The summed E-state index contributed by atoms with van der Waals surface area (Å²) in [7, 11) is 0.213. The lowest BCUT2D eigenvalue weighted by Crippen LogP contribution is -2.40. The first-order valence-corrected chi connectivity index (χ1v) is 8.99. The molecule has 120 valence electrons. The van der Waals surface area contributed by atoms with E-state index in [-0.39, 0.29) is 21.0 Å². The average Bonchev–Trinajstić information content (AvgIpc) is 2.30. The van der Waals surface area contributed by atoms with E-state index in [9.17, 15) is 8.42 Å². The van der Waals surface area contributed by atoms with Gasteiger partial charge in [-0.25, -0.2) is 13.1 Å². The molecular formula is C13H21BrClN3O2S. The largest absolute Gasteiger partial charge is 0.398 e. The van der Waals surface area contributed by atoms with Gasteiger partial charge in [0.15, 0.2) is 0 Å². The fourth-order valence-corrected chi connectivity index (χ4v) is 4.59. The Bertz CT molecular complexity index is 618. The van der Waals surface area contributed by atoms with Crippen molar-refractivity contribution in [1.82, 2.24) is 9.62 Å². The molecule has 0 fully saturated rings. The number of sulfonamides is 1. The van der Waals surface area contributed by atoms with Gasteiger partial charge in [0.2, 0.25) is 10.0 Å². The van der Waals surface area contributed by atoms with Crippen LogP contribution in [0.2, 0.25) is 5.02 Å². The topological polar surface area (TPSA) is 75.4 Å². The van der Waals surface area contributed by atoms with Crippen LogP contribution in [0.4, 0.5) is 5.69 Å². The molecule has 0 aromatic heterocycles. The van der Waals surface area contributed by atoms with E-state index in [0.29, 0.717) is 11.0 Å². The zero-order valence-electron chi connectivity index (χ0n) is 12.6. The highest BCUT2D eigenvalue weighted by Crippen LogP contribution is 2.31. The van der Waals surface area contributed by atoms with Crippen LogP contribution in [-0.2, 0) is 10.0 Å². The molecule has 0 heterocycles. The van der Waals surface area contributed by atoms with Gasteiger partial charge in [0, 0.05) is 23.8 Å². The molecule has 1 aromatic carbocycles. The third-order valence-electron chi connectivity index (χ3n) is 2.81. The maximum absolute atomic E-state index is 12.4. The Morgan fingerprint density at radius 1 is 1.38 bits per heavy atom. The molecule has 0 aliphatic rings. The van der Waals surface area contributed by atoms with Gasteiger partial charge >= 0.3 is 0 Å². The molecule has 1 rings (SSSR count). The SMILES string of the molecule is CN(C)CC(C)(C)CNS(=O)(=O)c1cc(Cl)cc(N)c1Br. The smallest absolute Gasteiger partial charge is 0.241 e. The minimum atomic E-state index is -3.68. The number of rotatable bonds is 6. The van der Waals surface area contributed by atoms with Crippen molar-refractivity contribution in [2.75, 3.05) is 32.9 Å². The number of nitrogen functional groups attached to an aromatic ring is 1.